The van der Waals surface area contributed by atoms with E-state index in [9.17, 15) is 4.39 Å². The van der Waals surface area contributed by atoms with Crippen LogP contribution in [0.5, 0.6) is 5.75 Å². The molecular weight excluding hydrogens is 351 g/mol. The average Bonchev–Trinajstić information content (AvgIpc) is 3.06. The van der Waals surface area contributed by atoms with Crippen molar-refractivity contribution in [1.29, 1.82) is 0 Å². The van der Waals surface area contributed by atoms with Crippen LogP contribution in [0.3, 0.4) is 0 Å². The van der Waals surface area contributed by atoms with E-state index in [1.807, 2.05) is 12.1 Å². The van der Waals surface area contributed by atoms with Crippen LogP contribution in [0.15, 0.2) is 58.2 Å². The van der Waals surface area contributed by atoms with Gasteiger partial charge in [-0.25, -0.2) is 4.39 Å². The summed E-state index contributed by atoms with van der Waals surface area (Å²) < 4.78 is 23.9. The van der Waals surface area contributed by atoms with E-state index in [0.29, 0.717) is 28.5 Å². The lowest BCUT2D eigenvalue weighted by atomic mass is 10.2. The molecule has 0 spiro atoms. The van der Waals surface area contributed by atoms with Gasteiger partial charge in [-0.05, 0) is 55.0 Å². The van der Waals surface area contributed by atoms with E-state index >= 15 is 0 Å². The zero-order chi connectivity index (χ0) is 16.8. The first kappa shape index (κ1) is 16.8. The predicted molar refractivity (Wildman–Crippen MR) is 92.0 cm³/mol. The van der Waals surface area contributed by atoms with Crippen molar-refractivity contribution in [2.75, 3.05) is 12.4 Å². The van der Waals surface area contributed by atoms with Crippen LogP contribution in [-0.4, -0.2) is 22.6 Å². The van der Waals surface area contributed by atoms with Crippen molar-refractivity contribution in [2.24, 2.45) is 0 Å². The third-order valence-corrected chi connectivity index (χ3v) is 4.25. The van der Waals surface area contributed by atoms with E-state index in [2.05, 4.69) is 10.2 Å². The van der Waals surface area contributed by atoms with Gasteiger partial charge >= 0.3 is 0 Å². The summed E-state index contributed by atoms with van der Waals surface area (Å²) in [7, 11) is 0. The van der Waals surface area contributed by atoms with Crippen LogP contribution in [0.1, 0.15) is 6.42 Å². The summed E-state index contributed by atoms with van der Waals surface area (Å²) in [5.41, 5.74) is 0.832. The minimum Gasteiger partial charge on any atom is -0.494 e. The van der Waals surface area contributed by atoms with Crippen molar-refractivity contribution in [2.45, 2.75) is 11.6 Å². The maximum atomic E-state index is 12.8. The molecule has 0 bridgehead atoms. The number of halogens is 2. The highest BCUT2D eigenvalue weighted by Gasteiger charge is 2.08. The average molecular weight is 365 g/mol. The summed E-state index contributed by atoms with van der Waals surface area (Å²) in [6.07, 6.45) is 0.806. The van der Waals surface area contributed by atoms with Crippen LogP contribution >= 0.6 is 23.4 Å². The Labute approximate surface area is 148 Å². The van der Waals surface area contributed by atoms with Crippen LogP contribution in [0, 0.1) is 5.82 Å². The number of nitrogens with zero attached hydrogens (tertiary/aromatic N) is 2. The van der Waals surface area contributed by atoms with Gasteiger partial charge in [0.25, 0.3) is 5.22 Å². The lowest BCUT2D eigenvalue weighted by Gasteiger charge is -2.04. The quantitative estimate of drug-likeness (QED) is 0.431. The van der Waals surface area contributed by atoms with Crippen LogP contribution in [0.25, 0.3) is 11.5 Å². The number of hydrogen-bond donors (Lipinski definition) is 0. The normalized spacial score (nSPS) is 10.8. The van der Waals surface area contributed by atoms with Crippen LogP contribution in [0.4, 0.5) is 4.39 Å². The largest absolute Gasteiger partial charge is 0.494 e. The maximum Gasteiger partial charge on any atom is 0.276 e. The van der Waals surface area contributed by atoms with E-state index in [1.54, 1.807) is 24.3 Å². The first-order valence-corrected chi connectivity index (χ1v) is 8.68. The number of benzene rings is 2. The Kier molecular flexibility index (Phi) is 5.72. The van der Waals surface area contributed by atoms with Gasteiger partial charge in [0.1, 0.15) is 11.6 Å². The van der Waals surface area contributed by atoms with Crippen molar-refractivity contribution in [1.82, 2.24) is 10.2 Å². The van der Waals surface area contributed by atoms with Gasteiger partial charge in [-0.15, -0.1) is 10.2 Å². The maximum absolute atomic E-state index is 12.8. The van der Waals surface area contributed by atoms with Crippen LogP contribution < -0.4 is 4.74 Å². The molecule has 0 amide bonds. The summed E-state index contributed by atoms with van der Waals surface area (Å²) in [5, 5.41) is 9.21. The zero-order valence-corrected chi connectivity index (χ0v) is 14.2. The molecule has 3 aromatic rings. The minimum absolute atomic E-state index is 0.272. The third kappa shape index (κ3) is 4.72. The molecule has 0 aliphatic rings. The first-order valence-electron chi connectivity index (χ1n) is 7.31. The lowest BCUT2D eigenvalue weighted by Crippen LogP contribution is -1.98. The fraction of sp³-hybridized carbons (Fsp3) is 0.176. The van der Waals surface area contributed by atoms with E-state index in [-0.39, 0.29) is 5.82 Å². The van der Waals surface area contributed by atoms with Gasteiger partial charge in [-0.1, -0.05) is 23.4 Å². The molecule has 1 heterocycles. The summed E-state index contributed by atoms with van der Waals surface area (Å²) in [5.74, 6) is 1.63. The molecule has 0 aliphatic heterocycles. The first-order chi connectivity index (χ1) is 11.7. The second-order valence-electron chi connectivity index (χ2n) is 4.88. The van der Waals surface area contributed by atoms with Crippen molar-refractivity contribution in [3.8, 4) is 17.2 Å². The van der Waals surface area contributed by atoms with Gasteiger partial charge in [0.15, 0.2) is 0 Å². The molecule has 0 fully saturated rings. The Morgan fingerprint density at radius 1 is 1.04 bits per heavy atom. The third-order valence-electron chi connectivity index (χ3n) is 3.09. The van der Waals surface area contributed by atoms with Crippen LogP contribution in [0.2, 0.25) is 5.02 Å². The smallest absolute Gasteiger partial charge is 0.276 e. The molecule has 0 saturated heterocycles. The molecule has 0 unspecified atom stereocenters. The van der Waals surface area contributed by atoms with E-state index in [1.165, 1.54) is 23.9 Å². The zero-order valence-electron chi connectivity index (χ0n) is 12.6. The Morgan fingerprint density at radius 2 is 1.79 bits per heavy atom. The van der Waals surface area contributed by atoms with Crippen molar-refractivity contribution < 1.29 is 13.5 Å². The minimum atomic E-state index is -0.272. The highest BCUT2D eigenvalue weighted by molar-refractivity contribution is 7.99. The van der Waals surface area contributed by atoms with E-state index in [0.717, 1.165) is 17.7 Å². The van der Waals surface area contributed by atoms with Gasteiger partial charge in [0, 0.05) is 16.3 Å². The SMILES string of the molecule is Fc1ccc(OCCCSc2nnc(-c3ccc(Cl)cc3)o2)cc1. The standard InChI is InChI=1S/C17H14ClFN2O2S/c18-13-4-2-12(3-5-13)16-20-21-17(23-16)24-11-1-10-22-15-8-6-14(19)7-9-15/h2-9H,1,10-11H2. The molecule has 124 valence electrons. The lowest BCUT2D eigenvalue weighted by molar-refractivity contribution is 0.318. The van der Waals surface area contributed by atoms with Gasteiger partial charge in [0.05, 0.1) is 6.61 Å². The monoisotopic (exact) mass is 364 g/mol. The Hall–Kier alpha value is -2.05. The molecule has 0 aliphatic carbocycles. The topological polar surface area (TPSA) is 48.2 Å². The number of thioether (sulfide) groups is 1. The highest BCUT2D eigenvalue weighted by atomic mass is 35.5. The summed E-state index contributed by atoms with van der Waals surface area (Å²) in [4.78, 5) is 0. The number of rotatable bonds is 7. The molecule has 0 N–H and O–H groups in total. The van der Waals surface area contributed by atoms with Crippen LogP contribution in [-0.2, 0) is 0 Å². The molecule has 1 aromatic heterocycles. The van der Waals surface area contributed by atoms with Gasteiger partial charge in [-0.2, -0.15) is 0 Å². The fourth-order valence-electron chi connectivity index (χ4n) is 1.92. The molecule has 4 nitrogen and oxygen atoms in total. The second-order valence-corrected chi connectivity index (χ2v) is 6.37. The van der Waals surface area contributed by atoms with E-state index < -0.39 is 0 Å². The summed E-state index contributed by atoms with van der Waals surface area (Å²) in [6, 6.07) is 13.2. The van der Waals surface area contributed by atoms with Crippen molar-refractivity contribution in [3.05, 3.63) is 59.4 Å². The molecule has 2 aromatic carbocycles. The molecule has 0 radical (unpaired) electrons. The predicted octanol–water partition coefficient (Wildman–Crippen LogP) is 5.09. The molecule has 7 heteroatoms. The molecule has 0 saturated carbocycles. The Bertz CT molecular complexity index is 778. The van der Waals surface area contributed by atoms with Crippen molar-refractivity contribution >= 4 is 23.4 Å². The molecule has 24 heavy (non-hydrogen) atoms. The summed E-state index contributed by atoms with van der Waals surface area (Å²) >= 11 is 7.32. The number of aromatic nitrogens is 2. The summed E-state index contributed by atoms with van der Waals surface area (Å²) in [6.45, 7) is 0.539. The highest BCUT2D eigenvalue weighted by Crippen LogP contribution is 2.24. The van der Waals surface area contributed by atoms with E-state index in [4.69, 9.17) is 20.8 Å². The molecule has 3 rings (SSSR count). The second kappa shape index (κ2) is 8.17. The number of hydrogen-bond acceptors (Lipinski definition) is 5. The molecule has 0 atom stereocenters. The Balaban J connectivity index is 1.42. The van der Waals surface area contributed by atoms with Crippen molar-refractivity contribution in [3.63, 3.8) is 0 Å². The Morgan fingerprint density at radius 3 is 2.54 bits per heavy atom. The van der Waals surface area contributed by atoms with Gasteiger partial charge < -0.3 is 9.15 Å². The fourth-order valence-corrected chi connectivity index (χ4v) is 2.72. The van der Waals surface area contributed by atoms with Gasteiger partial charge in [-0.3, -0.25) is 0 Å². The van der Waals surface area contributed by atoms with Gasteiger partial charge in [0.2, 0.25) is 5.89 Å². The molecular formula is C17H14ClFN2O2S. The number of ether oxygens (including phenoxy) is 1.